The molecule has 1 aliphatic heterocycles. The van der Waals surface area contributed by atoms with Gasteiger partial charge in [0.2, 0.25) is 0 Å². The summed E-state index contributed by atoms with van der Waals surface area (Å²) in [5.41, 5.74) is 1.46. The predicted octanol–water partition coefficient (Wildman–Crippen LogP) is 2.14. The SMILES string of the molecule is Cc1csc(CC2(C)CCCN2)n1. The average molecular weight is 196 g/mol. The van der Waals surface area contributed by atoms with Crippen LogP contribution in [0.3, 0.4) is 0 Å². The molecule has 3 heteroatoms. The van der Waals surface area contributed by atoms with Crippen LogP contribution < -0.4 is 5.32 Å². The monoisotopic (exact) mass is 196 g/mol. The standard InChI is InChI=1S/C10H16N2S/c1-8-7-13-9(12-8)6-10(2)4-3-5-11-10/h7,11H,3-6H2,1-2H3. The Labute approximate surface area is 83.4 Å². The molecule has 0 bridgehead atoms. The lowest BCUT2D eigenvalue weighted by atomic mass is 9.96. The summed E-state index contributed by atoms with van der Waals surface area (Å²) in [6, 6.07) is 0. The van der Waals surface area contributed by atoms with E-state index < -0.39 is 0 Å². The fourth-order valence-electron chi connectivity index (χ4n) is 1.93. The second-order valence-corrected chi connectivity index (χ2v) is 5.09. The van der Waals surface area contributed by atoms with Crippen LogP contribution in [0.1, 0.15) is 30.5 Å². The third-order valence-electron chi connectivity index (χ3n) is 2.67. The van der Waals surface area contributed by atoms with Crippen molar-refractivity contribution >= 4 is 11.3 Å². The van der Waals surface area contributed by atoms with Crippen molar-refractivity contribution in [2.45, 2.75) is 38.6 Å². The zero-order valence-corrected chi connectivity index (χ0v) is 9.08. The lowest BCUT2D eigenvalue weighted by Crippen LogP contribution is -2.38. The van der Waals surface area contributed by atoms with E-state index in [2.05, 4.69) is 29.5 Å². The topological polar surface area (TPSA) is 24.9 Å². The van der Waals surface area contributed by atoms with Crippen molar-refractivity contribution in [3.8, 4) is 0 Å². The number of hydrogen-bond acceptors (Lipinski definition) is 3. The number of aryl methyl sites for hydroxylation is 1. The first-order chi connectivity index (χ1) is 6.18. The third-order valence-corrected chi connectivity index (χ3v) is 3.63. The van der Waals surface area contributed by atoms with Gasteiger partial charge in [-0.15, -0.1) is 11.3 Å². The van der Waals surface area contributed by atoms with Gasteiger partial charge in [-0.05, 0) is 33.2 Å². The summed E-state index contributed by atoms with van der Waals surface area (Å²) in [5.74, 6) is 0. The lowest BCUT2D eigenvalue weighted by Gasteiger charge is -2.22. The quantitative estimate of drug-likeness (QED) is 0.784. The summed E-state index contributed by atoms with van der Waals surface area (Å²) in [6.45, 7) is 5.53. The molecule has 13 heavy (non-hydrogen) atoms. The lowest BCUT2D eigenvalue weighted by molar-refractivity contribution is 0.412. The maximum absolute atomic E-state index is 4.50. The molecule has 1 aliphatic rings. The molecule has 1 fully saturated rings. The van der Waals surface area contributed by atoms with E-state index in [1.807, 2.05) is 0 Å². The molecular formula is C10H16N2S. The van der Waals surface area contributed by atoms with Crippen LogP contribution in [0.25, 0.3) is 0 Å². The minimum Gasteiger partial charge on any atom is -0.311 e. The van der Waals surface area contributed by atoms with E-state index in [9.17, 15) is 0 Å². The number of hydrogen-bond donors (Lipinski definition) is 1. The maximum atomic E-state index is 4.50. The maximum Gasteiger partial charge on any atom is 0.0946 e. The van der Waals surface area contributed by atoms with Gasteiger partial charge in [-0.25, -0.2) is 4.98 Å². The fraction of sp³-hybridized carbons (Fsp3) is 0.700. The van der Waals surface area contributed by atoms with Crippen LogP contribution in [-0.4, -0.2) is 17.1 Å². The number of aromatic nitrogens is 1. The summed E-state index contributed by atoms with van der Waals surface area (Å²) >= 11 is 1.78. The van der Waals surface area contributed by atoms with E-state index in [1.165, 1.54) is 24.4 Å². The largest absolute Gasteiger partial charge is 0.311 e. The highest BCUT2D eigenvalue weighted by atomic mass is 32.1. The molecule has 0 radical (unpaired) electrons. The van der Waals surface area contributed by atoms with Gasteiger partial charge in [-0.1, -0.05) is 0 Å². The van der Waals surface area contributed by atoms with Gasteiger partial charge < -0.3 is 5.32 Å². The molecule has 0 amide bonds. The second-order valence-electron chi connectivity index (χ2n) is 4.15. The van der Waals surface area contributed by atoms with Crippen LogP contribution in [0.5, 0.6) is 0 Å². The van der Waals surface area contributed by atoms with Gasteiger partial charge in [0.25, 0.3) is 0 Å². The van der Waals surface area contributed by atoms with Crippen molar-refractivity contribution in [3.05, 3.63) is 16.1 Å². The van der Waals surface area contributed by atoms with Gasteiger partial charge in [0.1, 0.15) is 0 Å². The van der Waals surface area contributed by atoms with E-state index in [-0.39, 0.29) is 0 Å². The van der Waals surface area contributed by atoms with E-state index in [4.69, 9.17) is 0 Å². The first kappa shape index (κ1) is 9.16. The van der Waals surface area contributed by atoms with Crippen molar-refractivity contribution in [1.29, 1.82) is 0 Å². The predicted molar refractivity (Wildman–Crippen MR) is 56.2 cm³/mol. The fourth-order valence-corrected chi connectivity index (χ4v) is 2.88. The summed E-state index contributed by atoms with van der Waals surface area (Å²) in [6.07, 6.45) is 3.68. The number of thiazole rings is 1. The smallest absolute Gasteiger partial charge is 0.0946 e. The van der Waals surface area contributed by atoms with Gasteiger partial charge in [0.15, 0.2) is 0 Å². The Bertz CT molecular complexity index is 287. The Morgan fingerprint density at radius 3 is 3.08 bits per heavy atom. The van der Waals surface area contributed by atoms with Gasteiger partial charge in [-0.2, -0.15) is 0 Å². The van der Waals surface area contributed by atoms with Crippen molar-refractivity contribution < 1.29 is 0 Å². The van der Waals surface area contributed by atoms with Crippen molar-refractivity contribution in [3.63, 3.8) is 0 Å². The van der Waals surface area contributed by atoms with Gasteiger partial charge >= 0.3 is 0 Å². The van der Waals surface area contributed by atoms with E-state index in [0.29, 0.717) is 5.54 Å². The minimum atomic E-state index is 0.310. The summed E-state index contributed by atoms with van der Waals surface area (Å²) in [5, 5.41) is 6.96. The van der Waals surface area contributed by atoms with Crippen molar-refractivity contribution in [2.24, 2.45) is 0 Å². The molecule has 2 rings (SSSR count). The molecule has 1 saturated heterocycles. The normalized spacial score (nSPS) is 28.2. The Morgan fingerprint density at radius 1 is 1.69 bits per heavy atom. The van der Waals surface area contributed by atoms with Gasteiger partial charge in [0.05, 0.1) is 5.01 Å². The van der Waals surface area contributed by atoms with E-state index >= 15 is 0 Å². The molecule has 1 aromatic rings. The van der Waals surface area contributed by atoms with Crippen LogP contribution in [0.4, 0.5) is 0 Å². The number of nitrogens with one attached hydrogen (secondary N) is 1. The molecule has 2 heterocycles. The molecular weight excluding hydrogens is 180 g/mol. The number of rotatable bonds is 2. The molecule has 0 saturated carbocycles. The minimum absolute atomic E-state index is 0.310. The molecule has 72 valence electrons. The average Bonchev–Trinajstić information content (AvgIpc) is 2.62. The Balaban J connectivity index is 2.04. The zero-order chi connectivity index (χ0) is 9.31. The summed E-state index contributed by atoms with van der Waals surface area (Å²) in [7, 11) is 0. The highest BCUT2D eigenvalue weighted by Gasteiger charge is 2.28. The molecule has 1 unspecified atom stereocenters. The van der Waals surface area contributed by atoms with E-state index in [1.54, 1.807) is 11.3 Å². The molecule has 2 nitrogen and oxygen atoms in total. The molecule has 0 aliphatic carbocycles. The van der Waals surface area contributed by atoms with Crippen LogP contribution in [0.15, 0.2) is 5.38 Å². The molecule has 1 N–H and O–H groups in total. The zero-order valence-electron chi connectivity index (χ0n) is 8.26. The number of nitrogens with zero attached hydrogens (tertiary/aromatic N) is 1. The Morgan fingerprint density at radius 2 is 2.54 bits per heavy atom. The third kappa shape index (κ3) is 2.09. The van der Waals surface area contributed by atoms with Crippen LogP contribution >= 0.6 is 11.3 Å². The van der Waals surface area contributed by atoms with Crippen molar-refractivity contribution in [1.82, 2.24) is 10.3 Å². The van der Waals surface area contributed by atoms with Crippen molar-refractivity contribution in [2.75, 3.05) is 6.54 Å². The van der Waals surface area contributed by atoms with Gasteiger partial charge in [0, 0.05) is 23.0 Å². The Hall–Kier alpha value is -0.410. The van der Waals surface area contributed by atoms with Crippen LogP contribution in [0, 0.1) is 6.92 Å². The molecule has 0 spiro atoms. The van der Waals surface area contributed by atoms with Gasteiger partial charge in [-0.3, -0.25) is 0 Å². The summed E-state index contributed by atoms with van der Waals surface area (Å²) in [4.78, 5) is 4.50. The molecule has 1 atom stereocenters. The first-order valence-electron chi connectivity index (χ1n) is 4.84. The molecule has 1 aromatic heterocycles. The van der Waals surface area contributed by atoms with Crippen LogP contribution in [0.2, 0.25) is 0 Å². The highest BCUT2D eigenvalue weighted by molar-refractivity contribution is 7.09. The highest BCUT2D eigenvalue weighted by Crippen LogP contribution is 2.24. The summed E-state index contributed by atoms with van der Waals surface area (Å²) < 4.78 is 0. The Kier molecular flexibility index (Phi) is 2.39. The second kappa shape index (κ2) is 3.39. The first-order valence-corrected chi connectivity index (χ1v) is 5.72. The molecule has 0 aromatic carbocycles. The van der Waals surface area contributed by atoms with Crippen LogP contribution in [-0.2, 0) is 6.42 Å². The van der Waals surface area contributed by atoms with E-state index in [0.717, 1.165) is 12.1 Å².